The Morgan fingerprint density at radius 2 is 1.87 bits per heavy atom. The predicted octanol–water partition coefficient (Wildman–Crippen LogP) is 5.90. The van der Waals surface area contributed by atoms with Gasteiger partial charge in [0.15, 0.2) is 0 Å². The third-order valence-electron chi connectivity index (χ3n) is 7.53. The van der Waals surface area contributed by atoms with Gasteiger partial charge in [0.05, 0.1) is 0 Å². The first-order valence-corrected chi connectivity index (χ1v) is 9.88. The fourth-order valence-electron chi connectivity index (χ4n) is 6.63. The molecule has 1 aliphatic heterocycles. The van der Waals surface area contributed by atoms with E-state index in [1.54, 1.807) is 0 Å². The maximum absolute atomic E-state index is 2.74. The van der Waals surface area contributed by atoms with Crippen LogP contribution in [0.5, 0.6) is 0 Å². The standard InChI is InChI=1S/C22H33N/c1-4-18-13-17-9-8-10-19(14-17)22(18)15-21(2,3)23(16-22)20-11-6-5-7-12-20/h5-7,11-12,17-19H,4,8-10,13-16H2,1-3H3. The minimum absolute atomic E-state index is 0.291. The van der Waals surface area contributed by atoms with Crippen LogP contribution in [0.4, 0.5) is 5.69 Å². The smallest absolute Gasteiger partial charge is 0.0370 e. The number of para-hydroxylation sites is 1. The minimum atomic E-state index is 0.291. The van der Waals surface area contributed by atoms with Crippen LogP contribution in [0.15, 0.2) is 30.3 Å². The number of hydrogen-bond donors (Lipinski definition) is 0. The Hall–Kier alpha value is -0.980. The van der Waals surface area contributed by atoms with Crippen LogP contribution in [-0.4, -0.2) is 12.1 Å². The fourth-order valence-corrected chi connectivity index (χ4v) is 6.63. The summed E-state index contributed by atoms with van der Waals surface area (Å²) in [6.07, 6.45) is 10.3. The summed E-state index contributed by atoms with van der Waals surface area (Å²) in [5, 5.41) is 0. The van der Waals surface area contributed by atoms with Crippen molar-refractivity contribution in [1.29, 1.82) is 0 Å². The first kappa shape index (κ1) is 15.5. The Labute approximate surface area is 142 Å². The van der Waals surface area contributed by atoms with E-state index in [1.165, 1.54) is 57.2 Å². The quantitative estimate of drug-likeness (QED) is 0.657. The number of rotatable bonds is 2. The van der Waals surface area contributed by atoms with Crippen molar-refractivity contribution >= 4 is 5.69 Å². The zero-order valence-electron chi connectivity index (χ0n) is 15.2. The van der Waals surface area contributed by atoms with Gasteiger partial charge >= 0.3 is 0 Å². The molecule has 2 aliphatic carbocycles. The van der Waals surface area contributed by atoms with Crippen LogP contribution in [0.1, 0.15) is 65.7 Å². The molecule has 0 radical (unpaired) electrons. The molecule has 126 valence electrons. The zero-order valence-corrected chi connectivity index (χ0v) is 15.2. The van der Waals surface area contributed by atoms with Crippen LogP contribution in [0.2, 0.25) is 0 Å². The van der Waals surface area contributed by atoms with Gasteiger partial charge in [-0.3, -0.25) is 0 Å². The SMILES string of the molecule is CCC1CC2CCCC(C2)C12CN(c1ccccc1)C(C)(C)C2. The van der Waals surface area contributed by atoms with Crippen molar-refractivity contribution in [3.8, 4) is 0 Å². The van der Waals surface area contributed by atoms with Gasteiger partial charge in [-0.25, -0.2) is 0 Å². The van der Waals surface area contributed by atoms with Crippen LogP contribution in [0.3, 0.4) is 0 Å². The van der Waals surface area contributed by atoms with Gasteiger partial charge in [-0.1, -0.05) is 44.4 Å². The molecule has 0 amide bonds. The third-order valence-corrected chi connectivity index (χ3v) is 7.53. The molecule has 1 aromatic carbocycles. The molecule has 4 unspecified atom stereocenters. The first-order chi connectivity index (χ1) is 11.0. The van der Waals surface area contributed by atoms with Gasteiger partial charge in [0, 0.05) is 17.8 Å². The van der Waals surface area contributed by atoms with E-state index >= 15 is 0 Å². The van der Waals surface area contributed by atoms with E-state index in [1.807, 2.05) is 0 Å². The number of nitrogens with zero attached hydrogens (tertiary/aromatic N) is 1. The highest BCUT2D eigenvalue weighted by Gasteiger charge is 2.58. The van der Waals surface area contributed by atoms with Crippen molar-refractivity contribution in [3.63, 3.8) is 0 Å². The molecule has 4 rings (SSSR count). The number of hydrogen-bond acceptors (Lipinski definition) is 1. The summed E-state index contributed by atoms with van der Waals surface area (Å²) in [5.41, 5.74) is 2.30. The van der Waals surface area contributed by atoms with E-state index < -0.39 is 0 Å². The van der Waals surface area contributed by atoms with Crippen molar-refractivity contribution in [3.05, 3.63) is 30.3 Å². The second kappa shape index (κ2) is 5.53. The maximum atomic E-state index is 2.74. The van der Waals surface area contributed by atoms with Crippen LogP contribution in [0, 0.1) is 23.2 Å². The van der Waals surface area contributed by atoms with Gasteiger partial charge in [0.1, 0.15) is 0 Å². The van der Waals surface area contributed by atoms with Crippen LogP contribution in [-0.2, 0) is 0 Å². The first-order valence-electron chi connectivity index (χ1n) is 9.88. The Bertz CT molecular complexity index is 544. The summed E-state index contributed by atoms with van der Waals surface area (Å²) in [7, 11) is 0. The normalized spacial score (nSPS) is 38.9. The average Bonchev–Trinajstić information content (AvgIpc) is 2.85. The van der Waals surface area contributed by atoms with Crippen LogP contribution < -0.4 is 4.90 Å². The van der Waals surface area contributed by atoms with E-state index in [0.717, 1.165) is 17.8 Å². The lowest BCUT2D eigenvalue weighted by Gasteiger charge is -2.53. The molecule has 1 saturated heterocycles. The molecule has 1 heterocycles. The van der Waals surface area contributed by atoms with E-state index in [4.69, 9.17) is 0 Å². The molecule has 2 bridgehead atoms. The maximum Gasteiger partial charge on any atom is 0.0370 e. The highest BCUT2D eigenvalue weighted by atomic mass is 15.2. The highest BCUT2D eigenvalue weighted by molar-refractivity contribution is 5.51. The fraction of sp³-hybridized carbons (Fsp3) is 0.727. The van der Waals surface area contributed by atoms with Gasteiger partial charge in [-0.15, -0.1) is 0 Å². The molecule has 1 heteroatoms. The zero-order chi connectivity index (χ0) is 16.1. The second-order valence-corrected chi connectivity index (χ2v) is 9.21. The lowest BCUT2D eigenvalue weighted by atomic mass is 9.52. The van der Waals surface area contributed by atoms with E-state index in [0.29, 0.717) is 11.0 Å². The largest absolute Gasteiger partial charge is 0.366 e. The molecular formula is C22H33N. The van der Waals surface area contributed by atoms with Gasteiger partial charge < -0.3 is 4.90 Å². The van der Waals surface area contributed by atoms with Crippen molar-refractivity contribution in [2.45, 2.75) is 71.3 Å². The number of fused-ring (bicyclic) bond motifs is 3. The van der Waals surface area contributed by atoms with Crippen molar-refractivity contribution in [2.24, 2.45) is 23.2 Å². The lowest BCUT2D eigenvalue weighted by molar-refractivity contribution is -0.0230. The summed E-state index contributed by atoms with van der Waals surface area (Å²) in [4.78, 5) is 2.74. The molecular weight excluding hydrogens is 278 g/mol. The Morgan fingerprint density at radius 1 is 1.09 bits per heavy atom. The predicted molar refractivity (Wildman–Crippen MR) is 98.8 cm³/mol. The Balaban J connectivity index is 1.70. The van der Waals surface area contributed by atoms with Gasteiger partial charge in [0.2, 0.25) is 0 Å². The van der Waals surface area contributed by atoms with E-state index in [2.05, 4.69) is 56.0 Å². The van der Waals surface area contributed by atoms with Gasteiger partial charge in [0.25, 0.3) is 0 Å². The highest BCUT2D eigenvalue weighted by Crippen LogP contribution is 2.61. The van der Waals surface area contributed by atoms with Crippen LogP contribution >= 0.6 is 0 Å². The molecule has 2 saturated carbocycles. The third kappa shape index (κ3) is 2.42. The minimum Gasteiger partial charge on any atom is -0.366 e. The molecule has 3 fully saturated rings. The summed E-state index contributed by atoms with van der Waals surface area (Å²) in [6.45, 7) is 8.71. The molecule has 4 atom stereocenters. The molecule has 1 spiro atoms. The monoisotopic (exact) mass is 311 g/mol. The number of anilines is 1. The van der Waals surface area contributed by atoms with Crippen molar-refractivity contribution in [1.82, 2.24) is 0 Å². The van der Waals surface area contributed by atoms with E-state index in [9.17, 15) is 0 Å². The number of benzene rings is 1. The molecule has 23 heavy (non-hydrogen) atoms. The van der Waals surface area contributed by atoms with Crippen molar-refractivity contribution < 1.29 is 0 Å². The van der Waals surface area contributed by atoms with Gasteiger partial charge in [-0.2, -0.15) is 0 Å². The molecule has 1 nitrogen and oxygen atoms in total. The topological polar surface area (TPSA) is 3.24 Å². The van der Waals surface area contributed by atoms with Crippen LogP contribution in [0.25, 0.3) is 0 Å². The summed E-state index contributed by atoms with van der Waals surface area (Å²) in [5.74, 6) is 2.96. The molecule has 1 aromatic rings. The van der Waals surface area contributed by atoms with Gasteiger partial charge in [-0.05, 0) is 74.8 Å². The lowest BCUT2D eigenvalue weighted by Crippen LogP contribution is -2.47. The summed E-state index contributed by atoms with van der Waals surface area (Å²) in [6, 6.07) is 11.2. The summed E-state index contributed by atoms with van der Waals surface area (Å²) >= 11 is 0. The molecule has 3 aliphatic rings. The Morgan fingerprint density at radius 3 is 2.61 bits per heavy atom. The summed E-state index contributed by atoms with van der Waals surface area (Å²) < 4.78 is 0. The Kier molecular flexibility index (Phi) is 3.74. The van der Waals surface area contributed by atoms with E-state index in [-0.39, 0.29) is 0 Å². The average molecular weight is 312 g/mol. The molecule has 0 aromatic heterocycles. The molecule has 0 N–H and O–H groups in total. The second-order valence-electron chi connectivity index (χ2n) is 9.21. The van der Waals surface area contributed by atoms with Crippen molar-refractivity contribution in [2.75, 3.05) is 11.4 Å².